The molecule has 0 radical (unpaired) electrons. The lowest BCUT2D eigenvalue weighted by molar-refractivity contribution is 0.408. The molecule has 4 rings (SSSR count). The Labute approximate surface area is 145 Å². The van der Waals surface area contributed by atoms with E-state index in [2.05, 4.69) is 10.3 Å². The molecule has 2 aromatic heterocycles. The first-order chi connectivity index (χ1) is 11.7. The van der Waals surface area contributed by atoms with Gasteiger partial charge < -0.3 is 11.1 Å². The molecule has 1 aliphatic carbocycles. The van der Waals surface area contributed by atoms with Gasteiger partial charge in [0.25, 0.3) is 0 Å². The number of nitrogens with zero attached hydrogens (tertiary/aromatic N) is 3. The molecule has 0 spiro atoms. The van der Waals surface area contributed by atoms with Gasteiger partial charge in [-0.05, 0) is 49.9 Å². The molecule has 1 aliphatic rings. The second-order valence-electron chi connectivity index (χ2n) is 6.41. The molecule has 2 heterocycles. The molecule has 1 aromatic carbocycles. The Morgan fingerprint density at radius 2 is 2.12 bits per heavy atom. The largest absolute Gasteiger partial charge is 0.366 e. The van der Waals surface area contributed by atoms with Crippen molar-refractivity contribution in [1.82, 2.24) is 14.6 Å². The summed E-state index contributed by atoms with van der Waals surface area (Å²) < 4.78 is 1.86. The fourth-order valence-electron chi connectivity index (χ4n) is 3.36. The van der Waals surface area contributed by atoms with Crippen molar-refractivity contribution < 1.29 is 0 Å². The summed E-state index contributed by atoms with van der Waals surface area (Å²) in [7, 11) is 0. The highest BCUT2D eigenvalue weighted by Crippen LogP contribution is 2.25. The van der Waals surface area contributed by atoms with E-state index in [0.717, 1.165) is 42.0 Å². The zero-order chi connectivity index (χ0) is 16.5. The summed E-state index contributed by atoms with van der Waals surface area (Å²) in [6, 6.07) is 12.4. The second kappa shape index (κ2) is 6.42. The zero-order valence-corrected chi connectivity index (χ0v) is 14.1. The monoisotopic (exact) mass is 341 g/mol. The lowest BCUT2D eigenvalue weighted by Crippen LogP contribution is -2.35. The van der Waals surface area contributed by atoms with Crippen molar-refractivity contribution in [3.63, 3.8) is 0 Å². The topological polar surface area (TPSA) is 68.2 Å². The van der Waals surface area contributed by atoms with Gasteiger partial charge in [-0.15, -0.1) is 5.10 Å². The molecule has 3 aromatic rings. The molecule has 0 bridgehead atoms. The van der Waals surface area contributed by atoms with E-state index in [-0.39, 0.29) is 6.04 Å². The third-order valence-electron chi connectivity index (χ3n) is 4.55. The average Bonchev–Trinajstić information content (AvgIpc) is 2.98. The molecule has 3 N–H and O–H groups in total. The predicted octanol–water partition coefficient (Wildman–Crippen LogP) is 3.73. The first-order valence-corrected chi connectivity index (χ1v) is 8.70. The molecular weight excluding hydrogens is 322 g/mol. The highest BCUT2D eigenvalue weighted by Gasteiger charge is 2.19. The van der Waals surface area contributed by atoms with Crippen LogP contribution in [-0.4, -0.2) is 26.7 Å². The van der Waals surface area contributed by atoms with Crippen LogP contribution in [0.1, 0.15) is 25.7 Å². The summed E-state index contributed by atoms with van der Waals surface area (Å²) in [5, 5.41) is 8.94. The Morgan fingerprint density at radius 3 is 2.96 bits per heavy atom. The van der Waals surface area contributed by atoms with Crippen molar-refractivity contribution in [2.24, 2.45) is 5.73 Å². The summed E-state index contributed by atoms with van der Waals surface area (Å²) >= 11 is 6.11. The molecular formula is C18H20ClN5. The molecule has 0 aliphatic heterocycles. The van der Waals surface area contributed by atoms with Gasteiger partial charge in [-0.25, -0.2) is 9.50 Å². The van der Waals surface area contributed by atoms with E-state index in [1.165, 1.54) is 6.42 Å². The van der Waals surface area contributed by atoms with Crippen LogP contribution >= 0.6 is 11.6 Å². The van der Waals surface area contributed by atoms with Crippen LogP contribution < -0.4 is 11.1 Å². The van der Waals surface area contributed by atoms with Gasteiger partial charge in [0.1, 0.15) is 5.82 Å². The summed E-state index contributed by atoms with van der Waals surface area (Å²) in [6.07, 6.45) is 6.24. The number of imidazole rings is 1. The normalized spacial score (nSPS) is 21.1. The maximum atomic E-state index is 6.11. The fraction of sp³-hybridized carbons (Fsp3) is 0.333. The van der Waals surface area contributed by atoms with Crippen LogP contribution in [-0.2, 0) is 0 Å². The van der Waals surface area contributed by atoms with Gasteiger partial charge in [-0.1, -0.05) is 23.7 Å². The minimum absolute atomic E-state index is 0.287. The molecule has 6 heteroatoms. The minimum Gasteiger partial charge on any atom is -0.366 e. The van der Waals surface area contributed by atoms with Gasteiger partial charge >= 0.3 is 0 Å². The van der Waals surface area contributed by atoms with E-state index in [4.69, 9.17) is 22.4 Å². The maximum absolute atomic E-state index is 6.11. The number of rotatable bonds is 3. The van der Waals surface area contributed by atoms with Crippen molar-refractivity contribution in [2.75, 3.05) is 5.32 Å². The Balaban J connectivity index is 1.66. The van der Waals surface area contributed by atoms with Gasteiger partial charge in [0.2, 0.25) is 0 Å². The van der Waals surface area contributed by atoms with Crippen LogP contribution in [0, 0.1) is 0 Å². The summed E-state index contributed by atoms with van der Waals surface area (Å²) in [6.45, 7) is 0. The molecule has 24 heavy (non-hydrogen) atoms. The van der Waals surface area contributed by atoms with Gasteiger partial charge in [0.05, 0.1) is 11.9 Å². The number of anilines is 1. The Morgan fingerprint density at radius 1 is 1.21 bits per heavy atom. The first kappa shape index (κ1) is 15.4. The summed E-state index contributed by atoms with van der Waals surface area (Å²) in [5.74, 6) is 0.850. The van der Waals surface area contributed by atoms with Crippen LogP contribution in [0.25, 0.3) is 16.9 Å². The number of nitrogens with two attached hydrogens (primary N) is 1. The smallest absolute Gasteiger partial charge is 0.154 e. The summed E-state index contributed by atoms with van der Waals surface area (Å²) in [5.41, 5.74) is 8.82. The van der Waals surface area contributed by atoms with Crippen molar-refractivity contribution in [3.8, 4) is 11.3 Å². The fourth-order valence-corrected chi connectivity index (χ4v) is 3.55. The Hall–Kier alpha value is -2.11. The van der Waals surface area contributed by atoms with Crippen LogP contribution in [0.2, 0.25) is 5.02 Å². The van der Waals surface area contributed by atoms with Gasteiger partial charge in [0, 0.05) is 22.7 Å². The second-order valence-corrected chi connectivity index (χ2v) is 6.85. The highest BCUT2D eigenvalue weighted by atomic mass is 35.5. The number of aromatic nitrogens is 3. The SMILES string of the molecule is N[C@@H]1CCCC(Nc2ccc3ncc(-c4cccc(Cl)c4)n3n2)C1. The first-order valence-electron chi connectivity index (χ1n) is 8.32. The number of hydrogen-bond acceptors (Lipinski definition) is 4. The Bertz CT molecular complexity index is 859. The lowest BCUT2D eigenvalue weighted by Gasteiger charge is -2.27. The Kier molecular flexibility index (Phi) is 4.12. The van der Waals surface area contributed by atoms with Gasteiger partial charge in [-0.3, -0.25) is 0 Å². The molecule has 124 valence electrons. The van der Waals surface area contributed by atoms with Crippen LogP contribution in [0.3, 0.4) is 0 Å². The minimum atomic E-state index is 0.287. The van der Waals surface area contributed by atoms with Crippen LogP contribution in [0.5, 0.6) is 0 Å². The molecule has 1 fully saturated rings. The number of benzene rings is 1. The van der Waals surface area contributed by atoms with Crippen molar-refractivity contribution in [1.29, 1.82) is 0 Å². The van der Waals surface area contributed by atoms with E-state index in [1.54, 1.807) is 0 Å². The lowest BCUT2D eigenvalue weighted by atomic mass is 9.92. The average molecular weight is 342 g/mol. The molecule has 0 saturated heterocycles. The molecule has 1 unspecified atom stereocenters. The molecule has 0 amide bonds. The maximum Gasteiger partial charge on any atom is 0.154 e. The van der Waals surface area contributed by atoms with E-state index >= 15 is 0 Å². The van der Waals surface area contributed by atoms with Crippen LogP contribution in [0.4, 0.5) is 5.82 Å². The van der Waals surface area contributed by atoms with Crippen molar-refractivity contribution in [3.05, 3.63) is 47.6 Å². The third kappa shape index (κ3) is 3.09. The van der Waals surface area contributed by atoms with E-state index in [0.29, 0.717) is 11.1 Å². The number of halogens is 1. The quantitative estimate of drug-likeness (QED) is 0.761. The van der Waals surface area contributed by atoms with Gasteiger partial charge in [0.15, 0.2) is 5.65 Å². The molecule has 5 nitrogen and oxygen atoms in total. The zero-order valence-electron chi connectivity index (χ0n) is 13.3. The number of nitrogens with one attached hydrogen (secondary N) is 1. The standard InChI is InChI=1S/C18H20ClN5/c19-13-4-1-3-12(9-13)16-11-21-18-8-7-17(23-24(16)18)22-15-6-2-5-14(20)10-15/h1,3-4,7-9,11,14-15H,2,5-6,10,20H2,(H,22,23)/t14-,15?/m1/s1. The highest BCUT2D eigenvalue weighted by molar-refractivity contribution is 6.30. The van der Waals surface area contributed by atoms with E-state index in [1.807, 2.05) is 47.1 Å². The van der Waals surface area contributed by atoms with Gasteiger partial charge in [-0.2, -0.15) is 0 Å². The number of fused-ring (bicyclic) bond motifs is 1. The molecule has 1 saturated carbocycles. The van der Waals surface area contributed by atoms with Crippen LogP contribution in [0.15, 0.2) is 42.6 Å². The summed E-state index contributed by atoms with van der Waals surface area (Å²) in [4.78, 5) is 4.43. The third-order valence-corrected chi connectivity index (χ3v) is 4.78. The number of hydrogen-bond donors (Lipinski definition) is 2. The predicted molar refractivity (Wildman–Crippen MR) is 97.3 cm³/mol. The van der Waals surface area contributed by atoms with Crippen molar-refractivity contribution >= 4 is 23.1 Å². The van der Waals surface area contributed by atoms with E-state index < -0.39 is 0 Å². The molecule has 2 atom stereocenters. The van der Waals surface area contributed by atoms with Crippen molar-refractivity contribution in [2.45, 2.75) is 37.8 Å². The van der Waals surface area contributed by atoms with E-state index in [9.17, 15) is 0 Å².